The van der Waals surface area contributed by atoms with E-state index in [0.717, 1.165) is 0 Å². The van der Waals surface area contributed by atoms with Crippen molar-refractivity contribution in [1.82, 2.24) is 5.32 Å². The summed E-state index contributed by atoms with van der Waals surface area (Å²) in [6, 6.07) is 20.3. The Hall–Kier alpha value is -3.36. The van der Waals surface area contributed by atoms with Crippen molar-refractivity contribution in [3.8, 4) is 11.5 Å². The van der Waals surface area contributed by atoms with E-state index in [-0.39, 0.29) is 16.2 Å². The monoisotopic (exact) mass is 496 g/mol. The molecule has 154 valence electrons. The largest absolute Gasteiger partial charge is 0.457 e. The van der Waals surface area contributed by atoms with Gasteiger partial charge in [-0.05, 0) is 66.8 Å². The van der Waals surface area contributed by atoms with E-state index in [1.54, 1.807) is 30.3 Å². The third-order valence-corrected chi connectivity index (χ3v) is 5.44. The number of benzene rings is 3. The Morgan fingerprint density at radius 2 is 1.61 bits per heavy atom. The third-order valence-electron chi connectivity index (χ3n) is 4.46. The van der Waals surface area contributed by atoms with Crippen molar-refractivity contribution >= 4 is 56.8 Å². The standard InChI is InChI=1S/C23H14BrFN2O3S/c24-19-7-4-8-20(25)17(19)13-18-21(28)26-23(31)27(22(18)29)14-9-11-16(12-10-14)30-15-5-2-1-3-6-15/h1-13H,(H,26,28,31)/b18-13+. The zero-order valence-electron chi connectivity index (χ0n) is 15.8. The van der Waals surface area contributed by atoms with Gasteiger partial charge >= 0.3 is 0 Å². The molecule has 0 spiro atoms. The number of amides is 2. The van der Waals surface area contributed by atoms with Crippen LogP contribution in [0.5, 0.6) is 11.5 Å². The SMILES string of the molecule is O=C1NC(=S)N(c2ccc(Oc3ccccc3)cc2)C(=O)/C1=C/c1c(F)cccc1Br. The number of anilines is 1. The molecule has 0 saturated carbocycles. The molecule has 1 heterocycles. The van der Waals surface area contributed by atoms with Crippen LogP contribution in [0, 0.1) is 5.82 Å². The molecule has 0 atom stereocenters. The second kappa shape index (κ2) is 8.79. The van der Waals surface area contributed by atoms with Gasteiger partial charge in [0.2, 0.25) is 0 Å². The lowest BCUT2D eigenvalue weighted by atomic mass is 10.1. The summed E-state index contributed by atoms with van der Waals surface area (Å²) in [5.74, 6) is -0.663. The number of hydrogen-bond acceptors (Lipinski definition) is 4. The third kappa shape index (κ3) is 4.40. The maximum Gasteiger partial charge on any atom is 0.270 e. The minimum Gasteiger partial charge on any atom is -0.457 e. The Morgan fingerprint density at radius 1 is 0.935 bits per heavy atom. The summed E-state index contributed by atoms with van der Waals surface area (Å²) in [5.41, 5.74) is 0.304. The van der Waals surface area contributed by atoms with Crippen molar-refractivity contribution in [3.05, 3.63) is 94.2 Å². The van der Waals surface area contributed by atoms with Crippen molar-refractivity contribution in [2.24, 2.45) is 0 Å². The Kier molecular flexibility index (Phi) is 5.92. The second-order valence-corrected chi connectivity index (χ2v) is 7.74. The van der Waals surface area contributed by atoms with Crippen LogP contribution in [0.1, 0.15) is 5.56 Å². The molecule has 1 saturated heterocycles. The first-order chi connectivity index (χ1) is 14.9. The van der Waals surface area contributed by atoms with Crippen LogP contribution in [-0.2, 0) is 9.59 Å². The molecule has 8 heteroatoms. The van der Waals surface area contributed by atoms with E-state index in [9.17, 15) is 14.0 Å². The van der Waals surface area contributed by atoms with Gasteiger partial charge in [-0.2, -0.15) is 0 Å². The van der Waals surface area contributed by atoms with Gasteiger partial charge in [0.05, 0.1) is 5.69 Å². The normalized spacial score (nSPS) is 15.2. The average Bonchev–Trinajstić information content (AvgIpc) is 2.75. The molecule has 2 amide bonds. The number of nitrogens with one attached hydrogen (secondary N) is 1. The summed E-state index contributed by atoms with van der Waals surface area (Å²) in [7, 11) is 0. The molecule has 3 aromatic carbocycles. The van der Waals surface area contributed by atoms with Crippen molar-refractivity contribution in [3.63, 3.8) is 0 Å². The highest BCUT2D eigenvalue weighted by Crippen LogP contribution is 2.28. The van der Waals surface area contributed by atoms with Crippen LogP contribution in [0.4, 0.5) is 10.1 Å². The van der Waals surface area contributed by atoms with Crippen molar-refractivity contribution in [2.45, 2.75) is 0 Å². The van der Waals surface area contributed by atoms with Crippen LogP contribution in [0.25, 0.3) is 6.08 Å². The Labute approximate surface area is 191 Å². The fraction of sp³-hybridized carbons (Fsp3) is 0. The molecule has 0 unspecified atom stereocenters. The number of hydrogen-bond donors (Lipinski definition) is 1. The molecule has 1 N–H and O–H groups in total. The smallest absolute Gasteiger partial charge is 0.270 e. The van der Waals surface area contributed by atoms with Crippen LogP contribution < -0.4 is 15.0 Å². The summed E-state index contributed by atoms with van der Waals surface area (Å²) in [4.78, 5) is 26.7. The summed E-state index contributed by atoms with van der Waals surface area (Å²) < 4.78 is 20.4. The first-order valence-electron chi connectivity index (χ1n) is 9.12. The van der Waals surface area contributed by atoms with Gasteiger partial charge in [-0.15, -0.1) is 0 Å². The van der Waals surface area contributed by atoms with E-state index >= 15 is 0 Å². The Morgan fingerprint density at radius 3 is 2.29 bits per heavy atom. The molecule has 0 radical (unpaired) electrons. The lowest BCUT2D eigenvalue weighted by Crippen LogP contribution is -2.54. The number of nitrogens with zero attached hydrogens (tertiary/aromatic N) is 1. The van der Waals surface area contributed by atoms with Gasteiger partial charge in [-0.3, -0.25) is 19.8 Å². The van der Waals surface area contributed by atoms with E-state index < -0.39 is 17.6 Å². The van der Waals surface area contributed by atoms with Gasteiger partial charge in [-0.1, -0.05) is 40.2 Å². The van der Waals surface area contributed by atoms with Crippen molar-refractivity contribution in [1.29, 1.82) is 0 Å². The van der Waals surface area contributed by atoms with Gasteiger partial charge < -0.3 is 4.74 Å². The molecule has 0 aromatic heterocycles. The highest BCUT2D eigenvalue weighted by Gasteiger charge is 2.34. The zero-order chi connectivity index (χ0) is 22.0. The number of carbonyl (C=O) groups is 2. The first-order valence-corrected chi connectivity index (χ1v) is 10.3. The molecular weight excluding hydrogens is 483 g/mol. The molecule has 0 bridgehead atoms. The minimum atomic E-state index is -0.689. The van der Waals surface area contributed by atoms with Crippen molar-refractivity contribution < 1.29 is 18.7 Å². The molecule has 1 aliphatic rings. The maximum absolute atomic E-state index is 14.2. The van der Waals surface area contributed by atoms with Gasteiger partial charge in [0, 0.05) is 10.0 Å². The first kappa shape index (κ1) is 20.9. The van der Waals surface area contributed by atoms with Crippen LogP contribution in [0.3, 0.4) is 0 Å². The molecule has 3 aromatic rings. The van der Waals surface area contributed by atoms with Gasteiger partial charge in [0.1, 0.15) is 22.9 Å². The number of halogens is 2. The molecule has 31 heavy (non-hydrogen) atoms. The Bertz CT molecular complexity index is 1190. The van der Waals surface area contributed by atoms with E-state index in [0.29, 0.717) is 21.7 Å². The highest BCUT2D eigenvalue weighted by molar-refractivity contribution is 9.10. The Balaban J connectivity index is 1.63. The van der Waals surface area contributed by atoms with Crippen LogP contribution in [-0.4, -0.2) is 16.9 Å². The van der Waals surface area contributed by atoms with Gasteiger partial charge in [0.25, 0.3) is 11.8 Å². The van der Waals surface area contributed by atoms with Gasteiger partial charge in [-0.25, -0.2) is 4.39 Å². The second-order valence-electron chi connectivity index (χ2n) is 6.50. The topological polar surface area (TPSA) is 58.6 Å². The summed E-state index contributed by atoms with van der Waals surface area (Å²) in [5, 5.41) is 2.42. The summed E-state index contributed by atoms with van der Waals surface area (Å²) in [6.45, 7) is 0. The molecular formula is C23H14BrFN2O3S. The van der Waals surface area contributed by atoms with Gasteiger partial charge in [0.15, 0.2) is 5.11 Å². The minimum absolute atomic E-state index is 0.0588. The van der Waals surface area contributed by atoms with E-state index in [1.165, 1.54) is 23.1 Å². The number of carbonyl (C=O) groups excluding carboxylic acids is 2. The lowest BCUT2D eigenvalue weighted by Gasteiger charge is -2.29. The van der Waals surface area contributed by atoms with Crippen molar-refractivity contribution in [2.75, 3.05) is 4.90 Å². The summed E-state index contributed by atoms with van der Waals surface area (Å²) in [6.07, 6.45) is 1.21. The zero-order valence-corrected chi connectivity index (χ0v) is 18.2. The van der Waals surface area contributed by atoms with Crippen LogP contribution in [0.15, 0.2) is 82.8 Å². The van der Waals surface area contributed by atoms with E-state index in [2.05, 4.69) is 21.2 Å². The highest BCUT2D eigenvalue weighted by atomic mass is 79.9. The predicted octanol–water partition coefficient (Wildman–Crippen LogP) is 5.21. The average molecular weight is 497 g/mol. The number of thiocarbonyl (C=S) groups is 1. The number of rotatable bonds is 4. The molecule has 1 fully saturated rings. The fourth-order valence-electron chi connectivity index (χ4n) is 2.97. The number of ether oxygens (including phenoxy) is 1. The maximum atomic E-state index is 14.2. The summed E-state index contributed by atoms with van der Waals surface area (Å²) >= 11 is 8.44. The predicted molar refractivity (Wildman–Crippen MR) is 123 cm³/mol. The fourth-order valence-corrected chi connectivity index (χ4v) is 3.71. The molecule has 4 rings (SSSR count). The quantitative estimate of drug-likeness (QED) is 0.306. The molecule has 5 nitrogen and oxygen atoms in total. The number of para-hydroxylation sites is 1. The lowest BCUT2D eigenvalue weighted by molar-refractivity contribution is -0.122. The van der Waals surface area contributed by atoms with Crippen LogP contribution >= 0.6 is 28.1 Å². The van der Waals surface area contributed by atoms with E-state index in [4.69, 9.17) is 17.0 Å². The molecule has 0 aliphatic carbocycles. The van der Waals surface area contributed by atoms with Crippen LogP contribution in [0.2, 0.25) is 0 Å². The van der Waals surface area contributed by atoms with E-state index in [1.807, 2.05) is 30.3 Å². The molecule has 1 aliphatic heterocycles.